The predicted octanol–water partition coefficient (Wildman–Crippen LogP) is 7.00. The molecule has 1 atom stereocenters. The van der Waals surface area contributed by atoms with E-state index in [1.54, 1.807) is 7.11 Å². The van der Waals surface area contributed by atoms with Crippen LogP contribution in [0.3, 0.4) is 0 Å². The van der Waals surface area contributed by atoms with E-state index in [1.807, 2.05) is 24.3 Å². The van der Waals surface area contributed by atoms with Gasteiger partial charge in [0.15, 0.2) is 0 Å². The van der Waals surface area contributed by atoms with Crippen LogP contribution in [-0.4, -0.2) is 20.3 Å². The summed E-state index contributed by atoms with van der Waals surface area (Å²) < 4.78 is 33.1. The lowest BCUT2D eigenvalue weighted by Gasteiger charge is -2.57. The molecule has 3 aliphatic carbocycles. The fourth-order valence-electron chi connectivity index (χ4n) is 6.13. The van der Waals surface area contributed by atoms with E-state index in [0.29, 0.717) is 13.2 Å². The third-order valence-corrected chi connectivity index (χ3v) is 10.3. The fraction of sp³-hybridized carbons (Fsp3) is 0.310. The Bertz CT molecular complexity index is 1280. The highest BCUT2D eigenvalue weighted by Gasteiger charge is 2.67. The maximum Gasteiger partial charge on any atom is 0.346 e. The number of benzene rings is 3. The van der Waals surface area contributed by atoms with E-state index < -0.39 is 12.8 Å². The van der Waals surface area contributed by atoms with Crippen molar-refractivity contribution in [3.8, 4) is 5.75 Å². The fourth-order valence-corrected chi connectivity index (χ4v) is 9.19. The van der Waals surface area contributed by atoms with E-state index in [2.05, 4.69) is 69.0 Å². The van der Waals surface area contributed by atoms with Gasteiger partial charge in [-0.1, -0.05) is 81.1 Å². The molecule has 4 nitrogen and oxygen atoms in total. The number of methoxy groups -OCH3 is 1. The van der Waals surface area contributed by atoms with E-state index in [0.717, 1.165) is 16.9 Å². The normalized spacial score (nSPS) is 28.1. The van der Waals surface area contributed by atoms with Gasteiger partial charge < -0.3 is 13.8 Å². The summed E-state index contributed by atoms with van der Waals surface area (Å²) in [6.45, 7) is 9.55. The number of allylic oxidation sites excluding steroid dienone is 1. The summed E-state index contributed by atoms with van der Waals surface area (Å²) in [5.41, 5.74) is 6.35. The molecule has 1 saturated heterocycles. The SMILES string of the molecule is C=C1C2c3ccccc3C(c3ccccc32)[C@]1(c1ccc(OC)cc1)P1(=O)OCC(C)(C)CO1. The van der Waals surface area contributed by atoms with Crippen molar-refractivity contribution in [2.45, 2.75) is 30.8 Å². The number of ether oxygens (including phenoxy) is 1. The van der Waals surface area contributed by atoms with Gasteiger partial charge in [0.1, 0.15) is 10.9 Å². The highest BCUT2D eigenvalue weighted by molar-refractivity contribution is 7.55. The lowest BCUT2D eigenvalue weighted by molar-refractivity contribution is 0.0315. The lowest BCUT2D eigenvalue weighted by atomic mass is 9.55. The summed E-state index contributed by atoms with van der Waals surface area (Å²) in [7, 11) is -2.05. The van der Waals surface area contributed by atoms with Crippen LogP contribution in [0.15, 0.2) is 84.9 Å². The van der Waals surface area contributed by atoms with Crippen LogP contribution >= 0.6 is 7.60 Å². The van der Waals surface area contributed by atoms with Gasteiger partial charge in [0.05, 0.1) is 20.3 Å². The van der Waals surface area contributed by atoms with Crippen molar-refractivity contribution in [3.05, 3.63) is 113 Å². The lowest BCUT2D eigenvalue weighted by Crippen LogP contribution is -2.48. The Morgan fingerprint density at radius 2 is 1.35 bits per heavy atom. The van der Waals surface area contributed by atoms with Gasteiger partial charge in [-0.2, -0.15) is 0 Å². The molecule has 34 heavy (non-hydrogen) atoms. The number of hydrogen-bond donors (Lipinski definition) is 0. The zero-order valence-corrected chi connectivity index (χ0v) is 20.7. The van der Waals surface area contributed by atoms with Crippen molar-refractivity contribution in [1.29, 1.82) is 0 Å². The number of hydrogen-bond acceptors (Lipinski definition) is 4. The first kappa shape index (κ1) is 21.9. The van der Waals surface area contributed by atoms with Crippen molar-refractivity contribution in [1.82, 2.24) is 0 Å². The summed E-state index contributed by atoms with van der Waals surface area (Å²) >= 11 is 0. The minimum atomic E-state index is -3.70. The minimum Gasteiger partial charge on any atom is -0.497 e. The Balaban J connectivity index is 1.68. The number of rotatable bonds is 3. The molecule has 7 rings (SSSR count). The van der Waals surface area contributed by atoms with E-state index in [4.69, 9.17) is 13.8 Å². The van der Waals surface area contributed by atoms with Crippen LogP contribution in [0.5, 0.6) is 5.75 Å². The molecule has 1 heterocycles. The largest absolute Gasteiger partial charge is 0.497 e. The van der Waals surface area contributed by atoms with Crippen molar-refractivity contribution >= 4 is 7.60 Å². The van der Waals surface area contributed by atoms with Crippen LogP contribution < -0.4 is 4.74 Å². The van der Waals surface area contributed by atoms with E-state index >= 15 is 4.57 Å². The minimum absolute atomic E-state index is 0.0903. The topological polar surface area (TPSA) is 44.8 Å². The molecule has 3 aromatic carbocycles. The van der Waals surface area contributed by atoms with Gasteiger partial charge in [0.2, 0.25) is 0 Å². The smallest absolute Gasteiger partial charge is 0.346 e. The van der Waals surface area contributed by atoms with Gasteiger partial charge in [0, 0.05) is 17.3 Å². The Labute approximate surface area is 201 Å². The molecule has 0 aromatic heterocycles. The van der Waals surface area contributed by atoms with Crippen molar-refractivity contribution < 1.29 is 18.3 Å². The molecule has 1 fully saturated rings. The van der Waals surface area contributed by atoms with Crippen LogP contribution in [0.4, 0.5) is 0 Å². The molecule has 0 saturated carbocycles. The maximum atomic E-state index is 15.0. The van der Waals surface area contributed by atoms with E-state index in [-0.39, 0.29) is 17.3 Å². The highest BCUT2D eigenvalue weighted by atomic mass is 31.2. The first-order valence-electron chi connectivity index (χ1n) is 11.7. The van der Waals surface area contributed by atoms with Crippen molar-refractivity contribution in [3.63, 3.8) is 0 Å². The van der Waals surface area contributed by atoms with Gasteiger partial charge in [-0.05, 0) is 45.5 Å². The van der Waals surface area contributed by atoms with Gasteiger partial charge in [-0.3, -0.25) is 4.57 Å². The molecule has 0 spiro atoms. The van der Waals surface area contributed by atoms with Crippen LogP contribution in [0.1, 0.15) is 53.5 Å². The predicted molar refractivity (Wildman–Crippen MR) is 134 cm³/mol. The molecule has 3 aromatic rings. The molecule has 0 radical (unpaired) electrons. The third kappa shape index (κ3) is 2.77. The standard InChI is InChI=1S/C29H29O4P/c1-19-26-22-9-5-7-11-24(22)27(25-12-8-6-10-23(25)26)29(19,20-13-15-21(31-4)16-14-20)34(30)32-17-28(2,3)18-33-34/h5-16,26-27H,1,17-18H2,2-4H3/t26?,27?,29-/m0/s1. The molecule has 4 aliphatic rings. The molecule has 1 aliphatic heterocycles. The quantitative estimate of drug-likeness (QED) is 0.304. The average Bonchev–Trinajstić information content (AvgIpc) is 2.86. The van der Waals surface area contributed by atoms with Crippen LogP contribution in [0.2, 0.25) is 0 Å². The summed E-state index contributed by atoms with van der Waals surface area (Å²) in [6, 6.07) is 24.8. The van der Waals surface area contributed by atoms with Gasteiger partial charge in [0.25, 0.3) is 0 Å². The van der Waals surface area contributed by atoms with Crippen LogP contribution in [0, 0.1) is 5.41 Å². The Hall–Kier alpha value is -2.65. The molecule has 0 amide bonds. The number of fused-ring (bicyclic) bond motifs is 1. The zero-order valence-electron chi connectivity index (χ0n) is 19.8. The highest BCUT2D eigenvalue weighted by Crippen LogP contribution is 2.80. The summed E-state index contributed by atoms with van der Waals surface area (Å²) in [4.78, 5) is 0. The third-order valence-electron chi connectivity index (χ3n) is 7.70. The van der Waals surface area contributed by atoms with E-state index in [9.17, 15) is 0 Å². The van der Waals surface area contributed by atoms with Crippen molar-refractivity contribution in [2.75, 3.05) is 20.3 Å². The zero-order chi connectivity index (χ0) is 23.7. The monoisotopic (exact) mass is 472 g/mol. The summed E-state index contributed by atoms with van der Waals surface area (Å²) in [5.74, 6) is 0.418. The molecule has 5 heteroatoms. The second kappa shape index (κ2) is 7.42. The maximum absolute atomic E-state index is 15.0. The Morgan fingerprint density at radius 3 is 1.85 bits per heavy atom. The van der Waals surface area contributed by atoms with Gasteiger partial charge >= 0.3 is 7.60 Å². The summed E-state index contributed by atoms with van der Waals surface area (Å²) in [6.07, 6.45) is 0. The molecular formula is C29H29O4P. The second-order valence-electron chi connectivity index (χ2n) is 10.4. The molecule has 2 bridgehead atoms. The molecule has 0 unspecified atom stereocenters. The van der Waals surface area contributed by atoms with Crippen LogP contribution in [0.25, 0.3) is 0 Å². The second-order valence-corrected chi connectivity index (χ2v) is 12.6. The molecule has 174 valence electrons. The van der Waals surface area contributed by atoms with Gasteiger partial charge in [-0.15, -0.1) is 0 Å². The van der Waals surface area contributed by atoms with Gasteiger partial charge in [-0.25, -0.2) is 0 Å². The van der Waals surface area contributed by atoms with Crippen LogP contribution in [-0.2, 0) is 18.8 Å². The average molecular weight is 473 g/mol. The molecular weight excluding hydrogens is 443 g/mol. The Morgan fingerprint density at radius 1 is 0.853 bits per heavy atom. The first-order chi connectivity index (χ1) is 16.3. The Kier molecular flexibility index (Phi) is 4.77. The molecule has 0 N–H and O–H groups in total. The summed E-state index contributed by atoms with van der Waals surface area (Å²) in [5, 5.41) is -1.04. The first-order valence-corrected chi connectivity index (χ1v) is 13.3. The van der Waals surface area contributed by atoms with Crippen molar-refractivity contribution in [2.24, 2.45) is 5.41 Å². The van der Waals surface area contributed by atoms with E-state index in [1.165, 1.54) is 22.3 Å².